The van der Waals surface area contributed by atoms with Crippen molar-refractivity contribution >= 4 is 16.7 Å². The highest BCUT2D eigenvalue weighted by molar-refractivity contribution is 5.88. The summed E-state index contributed by atoms with van der Waals surface area (Å²) < 4.78 is 0. The zero-order valence-electron chi connectivity index (χ0n) is 9.35. The van der Waals surface area contributed by atoms with E-state index in [2.05, 4.69) is 22.2 Å². The summed E-state index contributed by atoms with van der Waals surface area (Å²) in [6, 6.07) is 8.29. The van der Waals surface area contributed by atoms with Crippen LogP contribution in [0.2, 0.25) is 0 Å². The molecule has 1 aromatic carbocycles. The largest absolute Gasteiger partial charge is 0.367 e. The van der Waals surface area contributed by atoms with Gasteiger partial charge in [0, 0.05) is 11.4 Å². The predicted molar refractivity (Wildman–Crippen MR) is 66.3 cm³/mol. The number of nitrogens with one attached hydrogen (secondary N) is 1. The quantitative estimate of drug-likeness (QED) is 0.817. The molecule has 0 fully saturated rings. The van der Waals surface area contributed by atoms with Crippen LogP contribution >= 0.6 is 0 Å². The second-order valence-electron chi connectivity index (χ2n) is 3.86. The van der Waals surface area contributed by atoms with E-state index in [1.165, 1.54) is 0 Å². The smallest absolute Gasteiger partial charge is 0.137 e. The Kier molecular flexibility index (Phi) is 3.31. The monoisotopic (exact) mass is 216 g/mol. The van der Waals surface area contributed by atoms with Gasteiger partial charge in [0.15, 0.2) is 0 Å². The van der Waals surface area contributed by atoms with Gasteiger partial charge in [-0.15, -0.1) is 0 Å². The fourth-order valence-corrected chi connectivity index (χ4v) is 1.68. The van der Waals surface area contributed by atoms with E-state index in [4.69, 9.17) is 5.73 Å². The number of hydrogen-bond acceptors (Lipinski definition) is 4. The molecule has 16 heavy (non-hydrogen) atoms. The van der Waals surface area contributed by atoms with Gasteiger partial charge in [-0.2, -0.15) is 0 Å². The summed E-state index contributed by atoms with van der Waals surface area (Å²) in [4.78, 5) is 8.49. The molecule has 0 aliphatic carbocycles. The van der Waals surface area contributed by atoms with Gasteiger partial charge in [-0.3, -0.25) is 0 Å². The number of anilines is 1. The van der Waals surface area contributed by atoms with Gasteiger partial charge >= 0.3 is 0 Å². The van der Waals surface area contributed by atoms with Crippen LogP contribution in [0.5, 0.6) is 0 Å². The van der Waals surface area contributed by atoms with E-state index in [9.17, 15) is 0 Å². The van der Waals surface area contributed by atoms with Crippen molar-refractivity contribution in [3.8, 4) is 0 Å². The molecular weight excluding hydrogens is 200 g/mol. The molecule has 1 heterocycles. The molecule has 0 amide bonds. The summed E-state index contributed by atoms with van der Waals surface area (Å²) in [5.74, 6) is 0.881. The molecule has 0 saturated carbocycles. The molecule has 1 aromatic heterocycles. The number of fused-ring (bicyclic) bond motifs is 1. The highest BCUT2D eigenvalue weighted by atomic mass is 15.0. The molecule has 0 radical (unpaired) electrons. The van der Waals surface area contributed by atoms with Crippen LogP contribution in [0, 0.1) is 0 Å². The van der Waals surface area contributed by atoms with Crippen molar-refractivity contribution in [2.24, 2.45) is 5.73 Å². The SMILES string of the molecule is CC(CCN)Nc1ncnc2ccccc12. The van der Waals surface area contributed by atoms with Crippen LogP contribution in [-0.4, -0.2) is 22.6 Å². The van der Waals surface area contributed by atoms with Crippen molar-refractivity contribution in [2.45, 2.75) is 19.4 Å². The van der Waals surface area contributed by atoms with Crippen LogP contribution in [-0.2, 0) is 0 Å². The average Bonchev–Trinajstić information content (AvgIpc) is 2.30. The Morgan fingerprint density at radius 2 is 2.12 bits per heavy atom. The first-order valence-corrected chi connectivity index (χ1v) is 5.47. The maximum absolute atomic E-state index is 5.52. The van der Waals surface area contributed by atoms with E-state index in [1.807, 2.05) is 24.3 Å². The second-order valence-corrected chi connectivity index (χ2v) is 3.86. The summed E-state index contributed by atoms with van der Waals surface area (Å²) in [6.07, 6.45) is 2.51. The highest BCUT2D eigenvalue weighted by Crippen LogP contribution is 2.19. The molecule has 0 bridgehead atoms. The number of hydrogen-bond donors (Lipinski definition) is 2. The number of rotatable bonds is 4. The molecule has 0 spiro atoms. The fourth-order valence-electron chi connectivity index (χ4n) is 1.68. The third-order valence-electron chi connectivity index (χ3n) is 2.53. The first-order valence-electron chi connectivity index (χ1n) is 5.47. The number of aromatic nitrogens is 2. The second kappa shape index (κ2) is 4.90. The molecule has 0 saturated heterocycles. The van der Waals surface area contributed by atoms with Crippen LogP contribution in [0.25, 0.3) is 10.9 Å². The van der Waals surface area contributed by atoms with Crippen LogP contribution < -0.4 is 11.1 Å². The van der Waals surface area contributed by atoms with E-state index in [0.717, 1.165) is 23.1 Å². The Morgan fingerprint density at radius 3 is 2.94 bits per heavy atom. The third-order valence-corrected chi connectivity index (χ3v) is 2.53. The van der Waals surface area contributed by atoms with E-state index in [0.29, 0.717) is 12.6 Å². The number of nitrogens with two attached hydrogens (primary N) is 1. The van der Waals surface area contributed by atoms with Crippen molar-refractivity contribution in [3.63, 3.8) is 0 Å². The maximum atomic E-state index is 5.52. The Bertz CT molecular complexity index is 464. The Morgan fingerprint density at radius 1 is 1.31 bits per heavy atom. The molecule has 3 N–H and O–H groups in total. The van der Waals surface area contributed by atoms with Gasteiger partial charge in [0.05, 0.1) is 5.52 Å². The average molecular weight is 216 g/mol. The van der Waals surface area contributed by atoms with E-state index in [-0.39, 0.29) is 0 Å². The highest BCUT2D eigenvalue weighted by Gasteiger charge is 2.05. The minimum atomic E-state index is 0.323. The molecule has 0 aliphatic heterocycles. The van der Waals surface area contributed by atoms with Gasteiger partial charge in [0.2, 0.25) is 0 Å². The topological polar surface area (TPSA) is 63.8 Å². The van der Waals surface area contributed by atoms with E-state index < -0.39 is 0 Å². The summed E-state index contributed by atoms with van der Waals surface area (Å²) >= 11 is 0. The van der Waals surface area contributed by atoms with Gasteiger partial charge < -0.3 is 11.1 Å². The van der Waals surface area contributed by atoms with Gasteiger partial charge in [0.25, 0.3) is 0 Å². The lowest BCUT2D eigenvalue weighted by atomic mass is 10.2. The van der Waals surface area contributed by atoms with Gasteiger partial charge in [0.1, 0.15) is 12.1 Å². The Balaban J connectivity index is 2.30. The third kappa shape index (κ3) is 2.28. The summed E-state index contributed by atoms with van der Waals surface area (Å²) in [5, 5.41) is 4.40. The Hall–Kier alpha value is -1.68. The van der Waals surface area contributed by atoms with Crippen LogP contribution in [0.3, 0.4) is 0 Å². The Labute approximate surface area is 94.9 Å². The zero-order chi connectivity index (χ0) is 11.4. The molecule has 2 aromatic rings. The standard InChI is InChI=1S/C12H16N4/c1-9(6-7-13)16-12-10-4-2-3-5-11(10)14-8-15-12/h2-5,8-9H,6-7,13H2,1H3,(H,14,15,16). The van der Waals surface area contributed by atoms with Crippen LogP contribution in [0.4, 0.5) is 5.82 Å². The molecule has 1 unspecified atom stereocenters. The van der Waals surface area contributed by atoms with E-state index >= 15 is 0 Å². The normalized spacial score (nSPS) is 12.6. The first-order chi connectivity index (χ1) is 7.81. The minimum absolute atomic E-state index is 0.323. The first kappa shape index (κ1) is 10.8. The lowest BCUT2D eigenvalue weighted by Crippen LogP contribution is -2.20. The predicted octanol–water partition coefficient (Wildman–Crippen LogP) is 1.78. The molecule has 2 rings (SSSR count). The van der Waals surface area contributed by atoms with Crippen LogP contribution in [0.15, 0.2) is 30.6 Å². The lowest BCUT2D eigenvalue weighted by Gasteiger charge is -2.14. The van der Waals surface area contributed by atoms with Crippen molar-refractivity contribution in [1.29, 1.82) is 0 Å². The van der Waals surface area contributed by atoms with E-state index in [1.54, 1.807) is 6.33 Å². The number of para-hydroxylation sites is 1. The van der Waals surface area contributed by atoms with Gasteiger partial charge in [-0.05, 0) is 32.0 Å². The summed E-state index contributed by atoms with van der Waals surface area (Å²) in [6.45, 7) is 2.78. The molecule has 1 atom stereocenters. The van der Waals surface area contributed by atoms with Gasteiger partial charge in [-0.1, -0.05) is 12.1 Å². The number of nitrogens with zero attached hydrogens (tertiary/aromatic N) is 2. The maximum Gasteiger partial charge on any atom is 0.137 e. The summed E-state index contributed by atoms with van der Waals surface area (Å²) in [7, 11) is 0. The lowest BCUT2D eigenvalue weighted by molar-refractivity contribution is 0.714. The van der Waals surface area contributed by atoms with Crippen molar-refractivity contribution < 1.29 is 0 Å². The van der Waals surface area contributed by atoms with Gasteiger partial charge in [-0.25, -0.2) is 9.97 Å². The van der Waals surface area contributed by atoms with Crippen LogP contribution in [0.1, 0.15) is 13.3 Å². The molecule has 4 nitrogen and oxygen atoms in total. The molecular formula is C12H16N4. The number of benzene rings is 1. The zero-order valence-corrected chi connectivity index (χ0v) is 9.35. The summed E-state index contributed by atoms with van der Waals surface area (Å²) in [5.41, 5.74) is 6.48. The van der Waals surface area contributed by atoms with Crippen molar-refractivity contribution in [1.82, 2.24) is 9.97 Å². The molecule has 4 heteroatoms. The molecule has 84 valence electrons. The minimum Gasteiger partial charge on any atom is -0.367 e. The molecule has 0 aliphatic rings. The van der Waals surface area contributed by atoms with Crippen molar-refractivity contribution in [2.75, 3.05) is 11.9 Å². The fraction of sp³-hybridized carbons (Fsp3) is 0.333. The van der Waals surface area contributed by atoms with Crippen molar-refractivity contribution in [3.05, 3.63) is 30.6 Å².